The van der Waals surface area contributed by atoms with Crippen molar-refractivity contribution in [3.63, 3.8) is 0 Å². The van der Waals surface area contributed by atoms with Gasteiger partial charge in [-0.15, -0.1) is 0 Å². The Morgan fingerprint density at radius 1 is 0.917 bits per heavy atom. The quantitative estimate of drug-likeness (QED) is 0.222. The van der Waals surface area contributed by atoms with Gasteiger partial charge < -0.3 is 53.7 Å². The van der Waals surface area contributed by atoms with E-state index in [0.29, 0.717) is 0 Å². The molecule has 0 aromatic carbocycles. The van der Waals surface area contributed by atoms with Crippen LogP contribution in [0.25, 0.3) is 0 Å². The molecule has 0 aromatic rings. The summed E-state index contributed by atoms with van der Waals surface area (Å²) >= 11 is 1.14. The minimum atomic E-state index is -2.18. The number of aliphatic hydroxyl groups is 7. The van der Waals surface area contributed by atoms with Crippen LogP contribution in [0, 0.1) is 0 Å². The molecule has 9 atom stereocenters. The fourth-order valence-electron chi connectivity index (χ4n) is 2.73. The van der Waals surface area contributed by atoms with Crippen molar-refractivity contribution in [3.05, 3.63) is 0 Å². The van der Waals surface area contributed by atoms with E-state index in [4.69, 9.17) is 23.1 Å². The summed E-state index contributed by atoms with van der Waals surface area (Å²) in [7, 11) is 0. The average Bonchev–Trinajstić information content (AvgIpc) is 2.82. The van der Waals surface area contributed by atoms with Crippen LogP contribution >= 0.6 is 0 Å². The van der Waals surface area contributed by atoms with Crippen LogP contribution in [0.1, 0.15) is 0 Å². The van der Waals surface area contributed by atoms with E-state index in [1.807, 2.05) is 0 Å². The lowest BCUT2D eigenvalue weighted by atomic mass is 9.99. The van der Waals surface area contributed by atoms with Gasteiger partial charge in [0.15, 0.2) is 6.29 Å². The van der Waals surface area contributed by atoms with Gasteiger partial charge in [0.05, 0.1) is 6.61 Å². The zero-order valence-corrected chi connectivity index (χ0v) is 14.1. The second-order valence-electron chi connectivity index (χ2n) is 5.75. The van der Waals surface area contributed by atoms with Gasteiger partial charge in [0.2, 0.25) is 5.79 Å². The van der Waals surface area contributed by atoms with E-state index in [2.05, 4.69) is 0 Å². The minimum Gasteiger partial charge on any atom is -0.508 e. The Labute approximate surface area is 145 Å². The number of rotatable bonds is 6. The first kappa shape index (κ1) is 20.4. The zero-order valence-electron chi connectivity index (χ0n) is 12.7. The Kier molecular flexibility index (Phi) is 6.96. The van der Waals surface area contributed by atoms with Gasteiger partial charge in [-0.25, -0.2) is 0 Å². The third kappa shape index (κ3) is 3.62. The van der Waals surface area contributed by atoms with E-state index in [-0.39, 0.29) is 6.61 Å². The minimum absolute atomic E-state index is 0.110. The summed E-state index contributed by atoms with van der Waals surface area (Å²) < 4.78 is 20.7. The first-order chi connectivity index (χ1) is 11.3. The van der Waals surface area contributed by atoms with Crippen LogP contribution in [-0.2, 0) is 18.0 Å². The first-order valence-corrected chi connectivity index (χ1v) is 7.89. The number of hydrogen-bond acceptors (Lipinski definition) is 11. The molecule has 7 N–H and O–H groups in total. The SMILES string of the molecule is OC[C@H]1O[C@@](CO)(O[C@H]2O[C@H](C[O][AlH])[C@@H](O)[C@H](O)[C@H]2O)[C@@H](O)[C@@H]1O. The molecule has 0 unspecified atom stereocenters. The highest BCUT2D eigenvalue weighted by Gasteiger charge is 2.58. The second-order valence-corrected chi connectivity index (χ2v) is 6.16. The Hall–Kier alpha value is 0.0925. The lowest BCUT2D eigenvalue weighted by Crippen LogP contribution is -2.62. The predicted octanol–water partition coefficient (Wildman–Crippen LogP) is -5.56. The van der Waals surface area contributed by atoms with Crippen molar-refractivity contribution in [2.45, 2.75) is 54.8 Å². The van der Waals surface area contributed by atoms with Crippen LogP contribution < -0.4 is 0 Å². The third-order valence-corrected chi connectivity index (χ3v) is 4.41. The van der Waals surface area contributed by atoms with E-state index in [1.165, 1.54) is 0 Å². The fourth-order valence-corrected chi connectivity index (χ4v) is 2.97. The summed E-state index contributed by atoms with van der Waals surface area (Å²) in [4.78, 5) is 0. The molecule has 2 aliphatic heterocycles. The maximum absolute atomic E-state index is 10.1. The molecular formula is C12H22AlO11. The van der Waals surface area contributed by atoms with Crippen LogP contribution in [0.5, 0.6) is 0 Å². The van der Waals surface area contributed by atoms with Crippen molar-refractivity contribution in [2.75, 3.05) is 19.8 Å². The van der Waals surface area contributed by atoms with Crippen LogP contribution in [0.4, 0.5) is 0 Å². The largest absolute Gasteiger partial charge is 0.508 e. The van der Waals surface area contributed by atoms with E-state index < -0.39 is 68.0 Å². The van der Waals surface area contributed by atoms with Gasteiger partial charge >= 0.3 is 16.6 Å². The van der Waals surface area contributed by atoms with Crippen LogP contribution in [-0.4, -0.2) is 127 Å². The van der Waals surface area contributed by atoms with E-state index in [0.717, 1.165) is 16.6 Å². The van der Waals surface area contributed by atoms with Crippen molar-refractivity contribution in [1.29, 1.82) is 0 Å². The summed E-state index contributed by atoms with van der Waals surface area (Å²) in [5.74, 6) is -2.18. The van der Waals surface area contributed by atoms with E-state index in [1.54, 1.807) is 0 Å². The Morgan fingerprint density at radius 2 is 1.58 bits per heavy atom. The summed E-state index contributed by atoms with van der Waals surface area (Å²) in [6.07, 6.45) is -12.0. The molecule has 0 bridgehead atoms. The molecule has 0 spiro atoms. The maximum Gasteiger partial charge on any atom is 0.394 e. The van der Waals surface area contributed by atoms with E-state index in [9.17, 15) is 30.6 Å². The van der Waals surface area contributed by atoms with Gasteiger partial charge in [-0.05, 0) is 0 Å². The molecule has 2 rings (SSSR count). The maximum atomic E-state index is 10.1. The average molecular weight is 369 g/mol. The Bertz CT molecular complexity index is 414. The molecule has 24 heavy (non-hydrogen) atoms. The van der Waals surface area contributed by atoms with Crippen molar-refractivity contribution in [3.8, 4) is 0 Å². The molecule has 139 valence electrons. The smallest absolute Gasteiger partial charge is 0.394 e. The zero-order chi connectivity index (χ0) is 18.1. The molecule has 2 heterocycles. The predicted molar refractivity (Wildman–Crippen MR) is 74.7 cm³/mol. The lowest BCUT2D eigenvalue weighted by Gasteiger charge is -2.43. The highest BCUT2D eigenvalue weighted by molar-refractivity contribution is 5.97. The van der Waals surface area contributed by atoms with E-state index >= 15 is 0 Å². The molecule has 2 aliphatic rings. The molecule has 2 saturated heterocycles. The van der Waals surface area contributed by atoms with Crippen molar-refractivity contribution < 1.29 is 53.7 Å². The van der Waals surface area contributed by atoms with Crippen molar-refractivity contribution in [1.82, 2.24) is 0 Å². The van der Waals surface area contributed by atoms with Crippen molar-refractivity contribution in [2.24, 2.45) is 0 Å². The van der Waals surface area contributed by atoms with Crippen molar-refractivity contribution >= 4 is 16.6 Å². The summed E-state index contributed by atoms with van der Waals surface area (Å²) in [5, 5.41) is 68.3. The normalized spacial score (nSPS) is 49.5. The topological polar surface area (TPSA) is 179 Å². The highest BCUT2D eigenvalue weighted by Crippen LogP contribution is 2.35. The molecule has 2 fully saturated rings. The van der Waals surface area contributed by atoms with Crippen LogP contribution in [0.2, 0.25) is 0 Å². The van der Waals surface area contributed by atoms with Gasteiger partial charge in [-0.3, -0.25) is 0 Å². The second kappa shape index (κ2) is 8.19. The molecular weight excluding hydrogens is 347 g/mol. The third-order valence-electron chi connectivity index (χ3n) is 4.17. The van der Waals surface area contributed by atoms with Crippen LogP contribution in [0.3, 0.4) is 0 Å². The summed E-state index contributed by atoms with van der Waals surface area (Å²) in [5.41, 5.74) is 0. The number of hydrogen-bond donors (Lipinski definition) is 7. The molecule has 12 heteroatoms. The van der Waals surface area contributed by atoms with Gasteiger partial charge in [0.1, 0.15) is 49.3 Å². The number of aliphatic hydroxyl groups excluding tert-OH is 7. The molecule has 11 nitrogen and oxygen atoms in total. The summed E-state index contributed by atoms with van der Waals surface area (Å²) in [6.45, 7) is -1.68. The molecule has 0 amide bonds. The standard InChI is InChI=1S/C12H21O11.Al.H/c13-1-4-6(16)8(18)9(19)11(21-4)23-12(3-15)10(20)7(17)5(2-14)22-12;;/h4-11,14-20H,1-3H2;;/q-1;+1;/t4-,5-,6-,7-,8+,9-,10+,11-,12+;;/m1../s1. The van der Waals surface area contributed by atoms with Gasteiger partial charge in [-0.2, -0.15) is 0 Å². The first-order valence-electron chi connectivity index (χ1n) is 7.31. The molecule has 0 aromatic heterocycles. The van der Waals surface area contributed by atoms with Gasteiger partial charge in [0, 0.05) is 6.61 Å². The monoisotopic (exact) mass is 369 g/mol. The lowest BCUT2D eigenvalue weighted by molar-refractivity contribution is -0.383. The molecule has 1 radical (unpaired) electrons. The molecule has 0 aliphatic carbocycles. The molecule has 0 saturated carbocycles. The van der Waals surface area contributed by atoms with Gasteiger partial charge in [0.25, 0.3) is 0 Å². The highest BCUT2D eigenvalue weighted by atomic mass is 27.1. The Morgan fingerprint density at radius 3 is 2.08 bits per heavy atom. The summed E-state index contributed by atoms with van der Waals surface area (Å²) in [6, 6.07) is 0. The van der Waals surface area contributed by atoms with Gasteiger partial charge in [-0.1, -0.05) is 0 Å². The number of ether oxygens (including phenoxy) is 3. The van der Waals surface area contributed by atoms with Crippen LogP contribution in [0.15, 0.2) is 0 Å². The Balaban J connectivity index is 2.17. The fraction of sp³-hybridized carbons (Fsp3) is 1.00.